The zero-order valence-corrected chi connectivity index (χ0v) is 18.7. The van der Waals surface area contributed by atoms with Crippen LogP contribution >= 0.6 is 23.2 Å². The molecule has 8 heteroatoms. The standard InChI is InChI=1S/C21H29Cl2N5O/c1-4-24-21(26-13-16-11-17(22)20(23)27(16)2)25-12-15-9-10-28(14-15)18-7-5-6-8-19(18)29-3/h5-8,11,15H,4,9-10,12-14H2,1-3H3,(H2,24,25,26). The Morgan fingerprint density at radius 3 is 2.76 bits per heavy atom. The molecule has 3 rings (SSSR count). The number of aromatic nitrogens is 1. The maximum Gasteiger partial charge on any atom is 0.191 e. The van der Waals surface area contributed by atoms with E-state index in [1.54, 1.807) is 7.11 Å². The molecule has 1 fully saturated rings. The molecule has 2 N–H and O–H groups in total. The van der Waals surface area contributed by atoms with E-state index in [0.29, 0.717) is 22.6 Å². The maximum absolute atomic E-state index is 6.15. The number of nitrogens with zero attached hydrogens (tertiary/aromatic N) is 3. The lowest BCUT2D eigenvalue weighted by molar-refractivity contribution is 0.414. The summed E-state index contributed by atoms with van der Waals surface area (Å²) in [5.74, 6) is 2.27. The van der Waals surface area contributed by atoms with Crippen LogP contribution in [-0.4, -0.2) is 43.8 Å². The van der Waals surface area contributed by atoms with Gasteiger partial charge in [0.25, 0.3) is 0 Å². The van der Waals surface area contributed by atoms with Gasteiger partial charge in [-0.2, -0.15) is 0 Å². The quantitative estimate of drug-likeness (QED) is 0.508. The molecule has 2 heterocycles. The van der Waals surface area contributed by atoms with Crippen LogP contribution in [0.25, 0.3) is 0 Å². The summed E-state index contributed by atoms with van der Waals surface area (Å²) in [6.07, 6.45) is 1.13. The van der Waals surface area contributed by atoms with E-state index >= 15 is 0 Å². The second-order valence-corrected chi connectivity index (χ2v) is 7.95. The van der Waals surface area contributed by atoms with E-state index in [9.17, 15) is 0 Å². The number of halogens is 2. The van der Waals surface area contributed by atoms with E-state index in [1.807, 2.05) is 29.8 Å². The van der Waals surface area contributed by atoms with Gasteiger partial charge in [0.1, 0.15) is 10.9 Å². The fourth-order valence-electron chi connectivity index (χ4n) is 3.59. The Labute approximate surface area is 182 Å². The van der Waals surface area contributed by atoms with Crippen LogP contribution in [0.4, 0.5) is 5.69 Å². The monoisotopic (exact) mass is 437 g/mol. The van der Waals surface area contributed by atoms with Crippen LogP contribution in [-0.2, 0) is 13.6 Å². The fourth-order valence-corrected chi connectivity index (χ4v) is 4.01. The number of para-hydroxylation sites is 2. The maximum atomic E-state index is 6.15. The van der Waals surface area contributed by atoms with Crippen molar-refractivity contribution in [2.45, 2.75) is 19.9 Å². The topological polar surface area (TPSA) is 53.8 Å². The molecule has 0 amide bonds. The first-order chi connectivity index (χ1) is 14.0. The lowest BCUT2D eigenvalue weighted by Crippen LogP contribution is -2.40. The number of anilines is 1. The zero-order valence-electron chi connectivity index (χ0n) is 17.2. The van der Waals surface area contributed by atoms with Gasteiger partial charge in [-0.25, -0.2) is 4.99 Å². The van der Waals surface area contributed by atoms with Crippen molar-refractivity contribution in [3.8, 4) is 5.75 Å². The molecule has 0 spiro atoms. The zero-order chi connectivity index (χ0) is 20.8. The molecule has 1 aromatic carbocycles. The first-order valence-electron chi connectivity index (χ1n) is 9.93. The average molecular weight is 438 g/mol. The minimum atomic E-state index is 0.510. The normalized spacial score (nSPS) is 16.9. The van der Waals surface area contributed by atoms with E-state index in [-0.39, 0.29) is 0 Å². The van der Waals surface area contributed by atoms with Crippen LogP contribution in [0.3, 0.4) is 0 Å². The van der Waals surface area contributed by atoms with E-state index in [2.05, 4.69) is 39.6 Å². The molecule has 1 aromatic heterocycles. The van der Waals surface area contributed by atoms with Crippen molar-refractivity contribution < 1.29 is 4.74 Å². The van der Waals surface area contributed by atoms with E-state index in [4.69, 9.17) is 27.9 Å². The van der Waals surface area contributed by atoms with Gasteiger partial charge >= 0.3 is 0 Å². The summed E-state index contributed by atoms with van der Waals surface area (Å²) in [6.45, 7) is 6.27. The highest BCUT2D eigenvalue weighted by Gasteiger charge is 2.24. The fraction of sp³-hybridized carbons (Fsp3) is 0.476. The second-order valence-electron chi connectivity index (χ2n) is 7.18. The Bertz CT molecular complexity index is 852. The van der Waals surface area contributed by atoms with Crippen molar-refractivity contribution >= 4 is 34.8 Å². The number of rotatable bonds is 7. The predicted octanol–water partition coefficient (Wildman–Crippen LogP) is 3.92. The molecular weight excluding hydrogens is 409 g/mol. The van der Waals surface area contributed by atoms with Gasteiger partial charge in [-0.15, -0.1) is 0 Å². The SMILES string of the molecule is CCNC(=NCc1cc(Cl)c(Cl)n1C)NCC1CCN(c2ccccc2OC)C1. The summed E-state index contributed by atoms with van der Waals surface area (Å²) in [6, 6.07) is 10.1. The van der Waals surface area contributed by atoms with E-state index < -0.39 is 0 Å². The van der Waals surface area contributed by atoms with Crippen LogP contribution in [0.2, 0.25) is 10.2 Å². The van der Waals surface area contributed by atoms with Crippen LogP contribution in [0.5, 0.6) is 5.75 Å². The van der Waals surface area contributed by atoms with Crippen molar-refractivity contribution in [3.05, 3.63) is 46.2 Å². The first kappa shape index (κ1) is 21.7. The molecule has 1 atom stereocenters. The summed E-state index contributed by atoms with van der Waals surface area (Å²) in [4.78, 5) is 7.08. The van der Waals surface area contributed by atoms with Crippen LogP contribution in [0, 0.1) is 5.92 Å². The Morgan fingerprint density at radius 1 is 1.28 bits per heavy atom. The number of hydrogen-bond acceptors (Lipinski definition) is 3. The highest BCUT2D eigenvalue weighted by molar-refractivity contribution is 6.41. The van der Waals surface area contributed by atoms with Crippen LogP contribution in [0.15, 0.2) is 35.3 Å². The molecule has 1 unspecified atom stereocenters. The van der Waals surface area contributed by atoms with Crippen LogP contribution < -0.4 is 20.3 Å². The highest BCUT2D eigenvalue weighted by Crippen LogP contribution is 2.31. The Morgan fingerprint density at radius 2 is 2.07 bits per heavy atom. The highest BCUT2D eigenvalue weighted by atomic mass is 35.5. The van der Waals surface area contributed by atoms with Gasteiger partial charge in [-0.05, 0) is 37.5 Å². The summed E-state index contributed by atoms with van der Waals surface area (Å²) in [5, 5.41) is 7.88. The van der Waals surface area contributed by atoms with Gasteiger partial charge in [0.2, 0.25) is 0 Å². The molecular formula is C21H29Cl2N5O. The first-order valence-corrected chi connectivity index (χ1v) is 10.7. The van der Waals surface area contributed by atoms with Crippen molar-refractivity contribution in [1.82, 2.24) is 15.2 Å². The van der Waals surface area contributed by atoms with E-state index in [0.717, 1.165) is 55.7 Å². The van der Waals surface area contributed by atoms with Gasteiger partial charge in [0.05, 0.1) is 24.4 Å². The number of ether oxygens (including phenoxy) is 1. The summed E-state index contributed by atoms with van der Waals surface area (Å²) >= 11 is 12.2. The lowest BCUT2D eigenvalue weighted by atomic mass is 10.1. The molecule has 0 radical (unpaired) electrons. The summed E-state index contributed by atoms with van der Waals surface area (Å²) in [5.41, 5.74) is 2.14. The number of aliphatic imine (C=N–C) groups is 1. The molecule has 29 heavy (non-hydrogen) atoms. The molecule has 158 valence electrons. The van der Waals surface area contributed by atoms with Crippen molar-refractivity contribution in [2.24, 2.45) is 18.0 Å². The predicted molar refractivity (Wildman–Crippen MR) is 122 cm³/mol. The van der Waals surface area contributed by atoms with Gasteiger partial charge in [-0.3, -0.25) is 0 Å². The number of hydrogen-bond donors (Lipinski definition) is 2. The number of guanidine groups is 1. The van der Waals surface area contributed by atoms with E-state index in [1.165, 1.54) is 0 Å². The minimum Gasteiger partial charge on any atom is -0.495 e. The van der Waals surface area contributed by atoms with Gasteiger partial charge in [-0.1, -0.05) is 35.3 Å². The average Bonchev–Trinajstić information content (AvgIpc) is 3.30. The Balaban J connectivity index is 1.57. The summed E-state index contributed by atoms with van der Waals surface area (Å²) < 4.78 is 7.37. The van der Waals surface area contributed by atoms with Gasteiger partial charge in [0.15, 0.2) is 5.96 Å². The summed E-state index contributed by atoms with van der Waals surface area (Å²) in [7, 11) is 3.62. The molecule has 1 aliphatic heterocycles. The number of methoxy groups -OCH3 is 1. The lowest BCUT2D eigenvalue weighted by Gasteiger charge is -2.21. The third-order valence-electron chi connectivity index (χ3n) is 5.23. The van der Waals surface area contributed by atoms with Crippen molar-refractivity contribution in [2.75, 3.05) is 38.2 Å². The molecule has 1 saturated heterocycles. The third kappa shape index (κ3) is 5.31. The second kappa shape index (κ2) is 10.1. The largest absolute Gasteiger partial charge is 0.495 e. The molecule has 1 aliphatic rings. The number of benzene rings is 1. The number of nitrogens with one attached hydrogen (secondary N) is 2. The van der Waals surface area contributed by atoms with Gasteiger partial charge < -0.3 is 24.8 Å². The molecule has 2 aromatic rings. The minimum absolute atomic E-state index is 0.510. The molecule has 0 aliphatic carbocycles. The van der Waals surface area contributed by atoms with Crippen molar-refractivity contribution in [3.63, 3.8) is 0 Å². The Hall–Kier alpha value is -2.05. The smallest absolute Gasteiger partial charge is 0.191 e. The van der Waals surface area contributed by atoms with Crippen molar-refractivity contribution in [1.29, 1.82) is 0 Å². The Kier molecular flexibility index (Phi) is 7.56. The van der Waals surface area contributed by atoms with Crippen LogP contribution in [0.1, 0.15) is 19.0 Å². The molecule has 6 nitrogen and oxygen atoms in total. The van der Waals surface area contributed by atoms with Gasteiger partial charge in [0, 0.05) is 38.9 Å². The molecule has 0 bridgehead atoms. The molecule has 0 saturated carbocycles. The third-order valence-corrected chi connectivity index (χ3v) is 6.07.